The number of aromatic nitrogens is 2. The first-order valence-corrected chi connectivity index (χ1v) is 6.55. The van der Waals surface area contributed by atoms with Gasteiger partial charge in [-0.1, -0.05) is 11.6 Å². The van der Waals surface area contributed by atoms with Crippen LogP contribution in [0.3, 0.4) is 0 Å². The van der Waals surface area contributed by atoms with Gasteiger partial charge in [0.05, 0.1) is 13.2 Å². The number of halogens is 1. The molecule has 0 unspecified atom stereocenters. The van der Waals surface area contributed by atoms with Crippen LogP contribution in [0.25, 0.3) is 0 Å². The average molecular weight is 281 g/mol. The third-order valence-corrected chi connectivity index (χ3v) is 2.96. The number of hydrogen-bond donors (Lipinski definition) is 0. The van der Waals surface area contributed by atoms with Gasteiger partial charge < -0.3 is 9.47 Å². The summed E-state index contributed by atoms with van der Waals surface area (Å²) < 4.78 is 12.9. The summed E-state index contributed by atoms with van der Waals surface area (Å²) in [6, 6.07) is 9.24. The molecule has 0 bridgehead atoms. The number of benzene rings is 1. The Balaban J connectivity index is 1.66. The van der Waals surface area contributed by atoms with Crippen molar-refractivity contribution in [3.8, 4) is 11.6 Å². The molecule has 0 N–H and O–H groups in total. The summed E-state index contributed by atoms with van der Waals surface area (Å²) in [5.41, 5.74) is 1.08. The summed E-state index contributed by atoms with van der Waals surface area (Å²) >= 11 is 5.79. The quantitative estimate of drug-likeness (QED) is 0.762. The Morgan fingerprint density at radius 3 is 2.47 bits per heavy atom. The smallest absolute Gasteiger partial charge is 0.232 e. The first-order chi connectivity index (χ1) is 9.15. The van der Waals surface area contributed by atoms with Gasteiger partial charge in [0.1, 0.15) is 5.75 Å². The predicted octanol–water partition coefficient (Wildman–Crippen LogP) is 3.23. The van der Waals surface area contributed by atoms with E-state index in [2.05, 4.69) is 5.10 Å². The predicted molar refractivity (Wildman–Crippen MR) is 75.0 cm³/mol. The highest BCUT2D eigenvalue weighted by Gasteiger charge is 2.01. The van der Waals surface area contributed by atoms with E-state index < -0.39 is 0 Å². The number of ether oxygens (including phenoxy) is 2. The van der Waals surface area contributed by atoms with E-state index in [0.29, 0.717) is 24.1 Å². The second-order valence-electron chi connectivity index (χ2n) is 4.25. The second kappa shape index (κ2) is 6.48. The molecule has 0 spiro atoms. The standard InChI is InChI=1S/C14H17ClN2O2/c1-11-10-14(16-17(11)2)19-9-3-8-18-13-6-4-12(15)5-7-13/h4-7,10H,3,8-9H2,1-2H3. The van der Waals surface area contributed by atoms with E-state index in [1.807, 2.05) is 44.3 Å². The summed E-state index contributed by atoms with van der Waals surface area (Å²) in [5.74, 6) is 1.48. The minimum Gasteiger partial charge on any atom is -0.493 e. The highest BCUT2D eigenvalue weighted by Crippen LogP contribution is 2.15. The minimum atomic E-state index is 0.587. The first kappa shape index (κ1) is 13.7. The molecular formula is C14H17ClN2O2. The fourth-order valence-corrected chi connectivity index (χ4v) is 1.68. The second-order valence-corrected chi connectivity index (χ2v) is 4.69. The fourth-order valence-electron chi connectivity index (χ4n) is 1.55. The molecule has 4 nitrogen and oxygen atoms in total. The molecule has 5 heteroatoms. The first-order valence-electron chi connectivity index (χ1n) is 6.17. The van der Waals surface area contributed by atoms with Crippen LogP contribution in [0.15, 0.2) is 30.3 Å². The van der Waals surface area contributed by atoms with Gasteiger partial charge in [-0.15, -0.1) is 5.10 Å². The normalized spacial score (nSPS) is 10.5. The van der Waals surface area contributed by atoms with E-state index in [1.54, 1.807) is 4.68 Å². The van der Waals surface area contributed by atoms with Crippen molar-refractivity contribution < 1.29 is 9.47 Å². The van der Waals surface area contributed by atoms with Crippen LogP contribution in [0.5, 0.6) is 11.6 Å². The van der Waals surface area contributed by atoms with Gasteiger partial charge >= 0.3 is 0 Å². The van der Waals surface area contributed by atoms with Crippen LogP contribution in [0.1, 0.15) is 12.1 Å². The van der Waals surface area contributed by atoms with Crippen LogP contribution in [-0.4, -0.2) is 23.0 Å². The van der Waals surface area contributed by atoms with Crippen molar-refractivity contribution in [2.75, 3.05) is 13.2 Å². The number of hydrogen-bond acceptors (Lipinski definition) is 3. The molecule has 0 amide bonds. The fraction of sp³-hybridized carbons (Fsp3) is 0.357. The van der Waals surface area contributed by atoms with Crippen molar-refractivity contribution >= 4 is 11.6 Å². The molecule has 0 saturated carbocycles. The van der Waals surface area contributed by atoms with Crippen molar-refractivity contribution in [1.82, 2.24) is 9.78 Å². The number of rotatable bonds is 6. The van der Waals surface area contributed by atoms with Crippen LogP contribution < -0.4 is 9.47 Å². The van der Waals surface area contributed by atoms with E-state index in [0.717, 1.165) is 17.9 Å². The summed E-state index contributed by atoms with van der Waals surface area (Å²) in [7, 11) is 1.89. The SMILES string of the molecule is Cc1cc(OCCCOc2ccc(Cl)cc2)nn1C. The van der Waals surface area contributed by atoms with Crippen LogP contribution in [0, 0.1) is 6.92 Å². The van der Waals surface area contributed by atoms with Crippen molar-refractivity contribution in [2.24, 2.45) is 7.05 Å². The van der Waals surface area contributed by atoms with Crippen molar-refractivity contribution in [3.05, 3.63) is 41.0 Å². The minimum absolute atomic E-state index is 0.587. The maximum atomic E-state index is 5.79. The number of nitrogens with zero attached hydrogens (tertiary/aromatic N) is 2. The molecule has 1 heterocycles. The molecule has 1 aromatic heterocycles. The van der Waals surface area contributed by atoms with Gasteiger partial charge in [-0.2, -0.15) is 0 Å². The van der Waals surface area contributed by atoms with Crippen molar-refractivity contribution in [2.45, 2.75) is 13.3 Å². The molecular weight excluding hydrogens is 264 g/mol. The summed E-state index contributed by atoms with van der Waals surface area (Å²) in [5, 5.41) is 4.92. The van der Waals surface area contributed by atoms with E-state index in [-0.39, 0.29) is 0 Å². The molecule has 1 aromatic carbocycles. The Hall–Kier alpha value is -1.68. The summed E-state index contributed by atoms with van der Waals surface area (Å²) in [6.45, 7) is 3.18. The maximum absolute atomic E-state index is 5.79. The van der Waals surface area contributed by atoms with E-state index in [9.17, 15) is 0 Å². The molecule has 0 aliphatic rings. The Bertz CT molecular complexity index is 503. The van der Waals surface area contributed by atoms with E-state index in [1.165, 1.54) is 0 Å². The molecule has 0 aliphatic carbocycles. The zero-order chi connectivity index (χ0) is 13.7. The summed E-state index contributed by atoms with van der Waals surface area (Å²) in [6.07, 6.45) is 0.804. The Morgan fingerprint density at radius 2 is 1.84 bits per heavy atom. The Kier molecular flexibility index (Phi) is 4.68. The van der Waals surface area contributed by atoms with E-state index >= 15 is 0 Å². The Labute approximate surface area is 117 Å². The van der Waals surface area contributed by atoms with Gasteiger partial charge in [0, 0.05) is 30.3 Å². The third-order valence-electron chi connectivity index (χ3n) is 2.71. The van der Waals surface area contributed by atoms with Gasteiger partial charge in [0.25, 0.3) is 0 Å². The molecule has 0 saturated heterocycles. The molecule has 0 radical (unpaired) electrons. The number of aryl methyl sites for hydroxylation is 2. The zero-order valence-corrected chi connectivity index (χ0v) is 11.9. The van der Waals surface area contributed by atoms with Gasteiger partial charge in [-0.3, -0.25) is 4.68 Å². The Morgan fingerprint density at radius 1 is 1.16 bits per heavy atom. The van der Waals surface area contributed by atoms with Gasteiger partial charge in [0.2, 0.25) is 5.88 Å². The molecule has 102 valence electrons. The van der Waals surface area contributed by atoms with Crippen molar-refractivity contribution in [3.63, 3.8) is 0 Å². The molecule has 0 aliphatic heterocycles. The third kappa shape index (κ3) is 4.17. The van der Waals surface area contributed by atoms with Crippen molar-refractivity contribution in [1.29, 1.82) is 0 Å². The van der Waals surface area contributed by atoms with Crippen LogP contribution in [-0.2, 0) is 7.05 Å². The largest absolute Gasteiger partial charge is 0.493 e. The highest BCUT2D eigenvalue weighted by molar-refractivity contribution is 6.30. The average Bonchev–Trinajstić information content (AvgIpc) is 2.71. The molecule has 19 heavy (non-hydrogen) atoms. The lowest BCUT2D eigenvalue weighted by atomic mass is 10.3. The lowest BCUT2D eigenvalue weighted by molar-refractivity contribution is 0.241. The zero-order valence-electron chi connectivity index (χ0n) is 11.1. The lowest BCUT2D eigenvalue weighted by Crippen LogP contribution is -2.05. The van der Waals surface area contributed by atoms with Crippen LogP contribution in [0.2, 0.25) is 5.02 Å². The van der Waals surface area contributed by atoms with Gasteiger partial charge in [-0.25, -0.2) is 0 Å². The lowest BCUT2D eigenvalue weighted by Gasteiger charge is -2.06. The van der Waals surface area contributed by atoms with Crippen LogP contribution >= 0.6 is 11.6 Å². The molecule has 0 fully saturated rings. The highest BCUT2D eigenvalue weighted by atomic mass is 35.5. The van der Waals surface area contributed by atoms with Gasteiger partial charge in [0.15, 0.2) is 0 Å². The monoisotopic (exact) mass is 280 g/mol. The van der Waals surface area contributed by atoms with Gasteiger partial charge in [-0.05, 0) is 31.2 Å². The molecule has 2 rings (SSSR count). The van der Waals surface area contributed by atoms with E-state index in [4.69, 9.17) is 21.1 Å². The maximum Gasteiger partial charge on any atom is 0.232 e. The molecule has 2 aromatic rings. The topological polar surface area (TPSA) is 36.3 Å². The summed E-state index contributed by atoms with van der Waals surface area (Å²) in [4.78, 5) is 0. The molecule has 0 atom stereocenters. The van der Waals surface area contributed by atoms with Crippen LogP contribution in [0.4, 0.5) is 0 Å².